The molecule has 0 unspecified atom stereocenters. The zero-order valence-corrected chi connectivity index (χ0v) is 11.9. The van der Waals surface area contributed by atoms with Gasteiger partial charge in [-0.1, -0.05) is 0 Å². The van der Waals surface area contributed by atoms with E-state index in [1.54, 1.807) is 22.3 Å². The van der Waals surface area contributed by atoms with Crippen molar-refractivity contribution in [2.75, 3.05) is 6.54 Å². The van der Waals surface area contributed by atoms with E-state index in [4.69, 9.17) is 0 Å². The molecule has 2 aromatic rings. The number of nitrogens with zero attached hydrogens (tertiary/aromatic N) is 4. The van der Waals surface area contributed by atoms with Crippen LogP contribution in [0, 0.1) is 0 Å². The first-order valence-corrected chi connectivity index (χ1v) is 7.10. The lowest BCUT2D eigenvalue weighted by atomic mass is 10.3. The second kappa shape index (κ2) is 6.89. The number of guanidine groups is 1. The van der Waals surface area contributed by atoms with Gasteiger partial charge >= 0.3 is 0 Å². The summed E-state index contributed by atoms with van der Waals surface area (Å²) in [5, 5.41) is 14.7. The molecular formula is C12H18N6S. The van der Waals surface area contributed by atoms with Crippen molar-refractivity contribution in [2.24, 2.45) is 12.0 Å². The Labute approximate surface area is 116 Å². The van der Waals surface area contributed by atoms with E-state index in [2.05, 4.69) is 42.5 Å². The molecule has 0 aliphatic rings. The summed E-state index contributed by atoms with van der Waals surface area (Å²) in [7, 11) is 1.87. The lowest BCUT2D eigenvalue weighted by Crippen LogP contribution is -2.37. The normalized spacial score (nSPS) is 11.6. The highest BCUT2D eigenvalue weighted by Gasteiger charge is 2.02. The van der Waals surface area contributed by atoms with Crippen LogP contribution in [0.5, 0.6) is 0 Å². The first kappa shape index (κ1) is 13.5. The number of rotatable bonds is 5. The highest BCUT2D eigenvalue weighted by molar-refractivity contribution is 7.07. The van der Waals surface area contributed by atoms with Crippen molar-refractivity contribution < 1.29 is 0 Å². The van der Waals surface area contributed by atoms with E-state index in [1.165, 1.54) is 5.56 Å². The number of aryl methyl sites for hydroxylation is 1. The van der Waals surface area contributed by atoms with Crippen molar-refractivity contribution in [3.05, 3.63) is 34.5 Å². The van der Waals surface area contributed by atoms with Crippen molar-refractivity contribution in [3.63, 3.8) is 0 Å². The smallest absolute Gasteiger partial charge is 0.191 e. The zero-order valence-electron chi connectivity index (χ0n) is 11.1. The summed E-state index contributed by atoms with van der Waals surface area (Å²) >= 11 is 1.69. The molecule has 7 heteroatoms. The number of nitrogens with one attached hydrogen (secondary N) is 2. The first-order chi connectivity index (χ1) is 9.29. The number of hydrogen-bond donors (Lipinski definition) is 2. The minimum atomic E-state index is 0.603. The molecule has 0 amide bonds. The molecule has 0 atom stereocenters. The van der Waals surface area contributed by atoms with Crippen LogP contribution < -0.4 is 10.6 Å². The van der Waals surface area contributed by atoms with Gasteiger partial charge in [-0.3, -0.25) is 4.68 Å². The molecule has 2 aromatic heterocycles. The van der Waals surface area contributed by atoms with Crippen LogP contribution in [0.1, 0.15) is 18.3 Å². The maximum absolute atomic E-state index is 4.53. The number of thiophene rings is 1. The number of aliphatic imine (C=N–C) groups is 1. The molecule has 0 aliphatic carbocycles. The van der Waals surface area contributed by atoms with Gasteiger partial charge in [-0.2, -0.15) is 16.4 Å². The molecule has 6 nitrogen and oxygen atoms in total. The Hall–Kier alpha value is -1.89. The van der Waals surface area contributed by atoms with E-state index in [9.17, 15) is 0 Å². The molecule has 2 rings (SSSR count). The van der Waals surface area contributed by atoms with E-state index in [0.717, 1.165) is 18.3 Å². The second-order valence-corrected chi connectivity index (χ2v) is 4.76. The number of hydrogen-bond acceptors (Lipinski definition) is 4. The highest BCUT2D eigenvalue weighted by atomic mass is 32.1. The summed E-state index contributed by atoms with van der Waals surface area (Å²) in [6.45, 7) is 4.15. The van der Waals surface area contributed by atoms with Crippen LogP contribution in [-0.4, -0.2) is 27.3 Å². The third-order valence-electron chi connectivity index (χ3n) is 2.56. The highest BCUT2D eigenvalue weighted by Crippen LogP contribution is 2.06. The summed E-state index contributed by atoms with van der Waals surface area (Å²) in [6, 6.07) is 2.08. The Morgan fingerprint density at radius 3 is 3.00 bits per heavy atom. The van der Waals surface area contributed by atoms with Crippen molar-refractivity contribution in [1.29, 1.82) is 0 Å². The van der Waals surface area contributed by atoms with Gasteiger partial charge in [-0.25, -0.2) is 9.98 Å². The maximum Gasteiger partial charge on any atom is 0.191 e. The molecule has 2 N–H and O–H groups in total. The third kappa shape index (κ3) is 4.06. The van der Waals surface area contributed by atoms with Crippen LogP contribution in [0.15, 0.2) is 28.1 Å². The SMILES string of the molecule is CCNC(=NCc1ccsc1)NCc1ncnn1C. The first-order valence-electron chi connectivity index (χ1n) is 6.15. The van der Waals surface area contributed by atoms with Gasteiger partial charge < -0.3 is 10.6 Å². The summed E-state index contributed by atoms with van der Waals surface area (Å²) in [6.07, 6.45) is 1.55. The Kier molecular flexibility index (Phi) is 4.91. The lowest BCUT2D eigenvalue weighted by molar-refractivity contribution is 0.673. The van der Waals surface area contributed by atoms with Gasteiger partial charge in [0.2, 0.25) is 0 Å². The minimum Gasteiger partial charge on any atom is -0.357 e. The zero-order chi connectivity index (χ0) is 13.5. The summed E-state index contributed by atoms with van der Waals surface area (Å²) in [4.78, 5) is 8.69. The molecule has 0 bridgehead atoms. The molecule has 0 spiro atoms. The van der Waals surface area contributed by atoms with E-state index < -0.39 is 0 Å². The largest absolute Gasteiger partial charge is 0.357 e. The summed E-state index contributed by atoms with van der Waals surface area (Å²) in [5.41, 5.74) is 1.22. The average molecular weight is 278 g/mol. The van der Waals surface area contributed by atoms with E-state index in [0.29, 0.717) is 13.1 Å². The van der Waals surface area contributed by atoms with Crippen molar-refractivity contribution in [1.82, 2.24) is 25.4 Å². The monoisotopic (exact) mass is 278 g/mol. The fraction of sp³-hybridized carbons (Fsp3) is 0.417. The Morgan fingerprint density at radius 1 is 1.47 bits per heavy atom. The van der Waals surface area contributed by atoms with Gasteiger partial charge in [0.15, 0.2) is 5.96 Å². The molecule has 0 radical (unpaired) electrons. The average Bonchev–Trinajstić information content (AvgIpc) is 3.04. The molecule has 0 fully saturated rings. The van der Waals surface area contributed by atoms with Gasteiger partial charge in [0, 0.05) is 13.6 Å². The maximum atomic E-state index is 4.53. The fourth-order valence-corrected chi connectivity index (χ4v) is 2.20. The molecule has 0 aromatic carbocycles. The van der Waals surface area contributed by atoms with Crippen LogP contribution in [0.4, 0.5) is 0 Å². The second-order valence-electron chi connectivity index (χ2n) is 3.98. The van der Waals surface area contributed by atoms with E-state index in [-0.39, 0.29) is 0 Å². The Balaban J connectivity index is 1.92. The van der Waals surface area contributed by atoms with Gasteiger partial charge in [-0.05, 0) is 29.3 Å². The summed E-state index contributed by atoms with van der Waals surface area (Å²) in [5.74, 6) is 1.66. The van der Waals surface area contributed by atoms with Gasteiger partial charge in [0.1, 0.15) is 12.2 Å². The topological polar surface area (TPSA) is 67.1 Å². The van der Waals surface area contributed by atoms with Crippen LogP contribution in [0.25, 0.3) is 0 Å². The van der Waals surface area contributed by atoms with Gasteiger partial charge in [0.25, 0.3) is 0 Å². The van der Waals surface area contributed by atoms with Crippen LogP contribution in [-0.2, 0) is 20.1 Å². The van der Waals surface area contributed by atoms with Crippen LogP contribution >= 0.6 is 11.3 Å². The third-order valence-corrected chi connectivity index (χ3v) is 3.30. The number of aromatic nitrogens is 3. The molecule has 19 heavy (non-hydrogen) atoms. The lowest BCUT2D eigenvalue weighted by Gasteiger charge is -2.10. The standard InChI is InChI=1S/C12H18N6S/c1-3-13-12(14-6-10-4-5-19-8-10)15-7-11-16-9-17-18(11)2/h4-5,8-9H,3,6-7H2,1-2H3,(H2,13,14,15). The van der Waals surface area contributed by atoms with Gasteiger partial charge in [-0.15, -0.1) is 0 Å². The molecule has 102 valence electrons. The van der Waals surface area contributed by atoms with Crippen molar-refractivity contribution >= 4 is 17.3 Å². The Bertz CT molecular complexity index is 516. The predicted octanol–water partition coefficient (Wildman–Crippen LogP) is 1.13. The minimum absolute atomic E-state index is 0.603. The van der Waals surface area contributed by atoms with Crippen LogP contribution in [0.2, 0.25) is 0 Å². The van der Waals surface area contributed by atoms with Crippen molar-refractivity contribution in [3.8, 4) is 0 Å². The fourth-order valence-electron chi connectivity index (χ4n) is 1.54. The molecule has 0 saturated heterocycles. The Morgan fingerprint density at radius 2 is 2.37 bits per heavy atom. The van der Waals surface area contributed by atoms with E-state index >= 15 is 0 Å². The molecule has 0 aliphatic heterocycles. The van der Waals surface area contributed by atoms with Gasteiger partial charge in [0.05, 0.1) is 13.1 Å². The quantitative estimate of drug-likeness (QED) is 0.635. The predicted molar refractivity (Wildman–Crippen MR) is 77.0 cm³/mol. The van der Waals surface area contributed by atoms with E-state index in [1.807, 2.05) is 14.0 Å². The molecule has 2 heterocycles. The van der Waals surface area contributed by atoms with Crippen LogP contribution in [0.3, 0.4) is 0 Å². The molecular weight excluding hydrogens is 260 g/mol. The molecule has 0 saturated carbocycles. The van der Waals surface area contributed by atoms with Crippen molar-refractivity contribution in [2.45, 2.75) is 20.0 Å². The summed E-state index contributed by atoms with van der Waals surface area (Å²) < 4.78 is 1.75.